The molecule has 1 amide bonds. The van der Waals surface area contributed by atoms with E-state index < -0.39 is 0 Å². The highest BCUT2D eigenvalue weighted by Crippen LogP contribution is 2.17. The van der Waals surface area contributed by atoms with Crippen molar-refractivity contribution in [3.63, 3.8) is 0 Å². The highest BCUT2D eigenvalue weighted by atomic mass is 16.5. The van der Waals surface area contributed by atoms with Crippen LogP contribution in [0.15, 0.2) is 0 Å². The maximum absolute atomic E-state index is 11.8. The normalized spacial score (nSPS) is 34.2. The van der Waals surface area contributed by atoms with Crippen LogP contribution < -0.4 is 10.6 Å². The zero-order valence-electron chi connectivity index (χ0n) is 10.00. The van der Waals surface area contributed by atoms with Crippen LogP contribution in [0, 0.1) is 17.8 Å². The summed E-state index contributed by atoms with van der Waals surface area (Å²) in [4.78, 5) is 11.8. The van der Waals surface area contributed by atoms with E-state index in [1.807, 2.05) is 0 Å². The van der Waals surface area contributed by atoms with Crippen molar-refractivity contribution in [3.8, 4) is 0 Å². The first-order valence-electron chi connectivity index (χ1n) is 6.33. The maximum atomic E-state index is 11.8. The fourth-order valence-corrected chi connectivity index (χ4v) is 2.50. The second kappa shape index (κ2) is 5.64. The summed E-state index contributed by atoms with van der Waals surface area (Å²) >= 11 is 0. The molecule has 0 radical (unpaired) electrons. The number of hydrogen-bond donors (Lipinski definition) is 2. The molecule has 2 saturated heterocycles. The number of carbonyl (C=O) groups is 1. The average molecular weight is 226 g/mol. The van der Waals surface area contributed by atoms with Gasteiger partial charge in [0.1, 0.15) is 0 Å². The predicted octanol–water partition coefficient (Wildman–Crippen LogP) is 0.385. The van der Waals surface area contributed by atoms with Gasteiger partial charge >= 0.3 is 0 Å². The van der Waals surface area contributed by atoms with Gasteiger partial charge in [0, 0.05) is 26.3 Å². The number of amides is 1. The quantitative estimate of drug-likeness (QED) is 0.729. The molecule has 2 heterocycles. The number of rotatable bonds is 4. The standard InChI is InChI=1S/C12H22N2O2/c1-9-6-13-7-11(9)12(15)14-4-2-10-3-5-16-8-10/h9-11,13H,2-8H2,1H3,(H,14,15)/t9-,10?,11-/m1/s1. The fourth-order valence-electron chi connectivity index (χ4n) is 2.50. The van der Waals surface area contributed by atoms with Crippen molar-refractivity contribution in [2.24, 2.45) is 17.8 Å². The number of hydrogen-bond acceptors (Lipinski definition) is 3. The molecule has 0 aromatic rings. The summed E-state index contributed by atoms with van der Waals surface area (Å²) in [5.74, 6) is 1.51. The lowest BCUT2D eigenvalue weighted by Gasteiger charge is -2.15. The van der Waals surface area contributed by atoms with E-state index in [2.05, 4.69) is 17.6 Å². The van der Waals surface area contributed by atoms with E-state index in [1.165, 1.54) is 0 Å². The average Bonchev–Trinajstić information content (AvgIpc) is 2.88. The molecule has 1 unspecified atom stereocenters. The molecule has 2 N–H and O–H groups in total. The van der Waals surface area contributed by atoms with E-state index in [0.717, 1.165) is 45.7 Å². The van der Waals surface area contributed by atoms with Gasteiger partial charge in [-0.3, -0.25) is 4.79 Å². The summed E-state index contributed by atoms with van der Waals surface area (Å²) in [6.45, 7) is 6.50. The first-order chi connectivity index (χ1) is 7.77. The molecule has 92 valence electrons. The predicted molar refractivity (Wildman–Crippen MR) is 62.1 cm³/mol. The molecule has 16 heavy (non-hydrogen) atoms. The summed E-state index contributed by atoms with van der Waals surface area (Å²) in [7, 11) is 0. The summed E-state index contributed by atoms with van der Waals surface area (Å²) in [5, 5.41) is 6.30. The Balaban J connectivity index is 1.63. The maximum Gasteiger partial charge on any atom is 0.224 e. The molecule has 2 rings (SSSR count). The Bertz CT molecular complexity index is 239. The van der Waals surface area contributed by atoms with Gasteiger partial charge in [-0.05, 0) is 31.2 Å². The van der Waals surface area contributed by atoms with Gasteiger partial charge in [0.25, 0.3) is 0 Å². The molecule has 0 aromatic carbocycles. The lowest BCUT2D eigenvalue weighted by atomic mass is 9.97. The highest BCUT2D eigenvalue weighted by Gasteiger charge is 2.29. The third kappa shape index (κ3) is 2.95. The van der Waals surface area contributed by atoms with Crippen LogP contribution >= 0.6 is 0 Å². The number of nitrogens with one attached hydrogen (secondary N) is 2. The van der Waals surface area contributed by atoms with Crippen molar-refractivity contribution in [3.05, 3.63) is 0 Å². The summed E-state index contributed by atoms with van der Waals surface area (Å²) in [5.41, 5.74) is 0. The summed E-state index contributed by atoms with van der Waals surface area (Å²) < 4.78 is 5.31. The van der Waals surface area contributed by atoms with Crippen LogP contribution in [0.4, 0.5) is 0 Å². The van der Waals surface area contributed by atoms with Crippen molar-refractivity contribution in [1.82, 2.24) is 10.6 Å². The van der Waals surface area contributed by atoms with Crippen molar-refractivity contribution >= 4 is 5.91 Å². The Morgan fingerprint density at radius 2 is 2.38 bits per heavy atom. The molecule has 4 nitrogen and oxygen atoms in total. The molecule has 0 aromatic heterocycles. The zero-order chi connectivity index (χ0) is 11.4. The SMILES string of the molecule is C[C@@H]1CNC[C@H]1C(=O)NCCC1CCOC1. The fraction of sp³-hybridized carbons (Fsp3) is 0.917. The Morgan fingerprint density at radius 1 is 1.50 bits per heavy atom. The van der Waals surface area contributed by atoms with Gasteiger partial charge in [-0.2, -0.15) is 0 Å². The molecule has 0 saturated carbocycles. The molecule has 2 aliphatic heterocycles. The highest BCUT2D eigenvalue weighted by molar-refractivity contribution is 5.79. The van der Waals surface area contributed by atoms with Gasteiger partial charge in [0.05, 0.1) is 5.92 Å². The molecule has 4 heteroatoms. The molecule has 2 fully saturated rings. The lowest BCUT2D eigenvalue weighted by Crippen LogP contribution is -2.35. The number of ether oxygens (including phenoxy) is 1. The van der Waals surface area contributed by atoms with Gasteiger partial charge in [0.2, 0.25) is 5.91 Å². The third-order valence-corrected chi connectivity index (χ3v) is 3.73. The molecule has 0 aliphatic carbocycles. The largest absolute Gasteiger partial charge is 0.381 e. The Morgan fingerprint density at radius 3 is 3.00 bits per heavy atom. The minimum atomic E-state index is 0.167. The topological polar surface area (TPSA) is 50.4 Å². The number of carbonyl (C=O) groups excluding carboxylic acids is 1. The molecule has 3 atom stereocenters. The van der Waals surface area contributed by atoms with E-state index in [-0.39, 0.29) is 11.8 Å². The van der Waals surface area contributed by atoms with Crippen molar-refractivity contribution in [1.29, 1.82) is 0 Å². The lowest BCUT2D eigenvalue weighted by molar-refractivity contribution is -0.125. The molecule has 0 spiro atoms. The molecular weight excluding hydrogens is 204 g/mol. The van der Waals surface area contributed by atoms with Crippen LogP contribution in [0.2, 0.25) is 0 Å². The minimum Gasteiger partial charge on any atom is -0.381 e. The first-order valence-corrected chi connectivity index (χ1v) is 6.33. The van der Waals surface area contributed by atoms with E-state index in [0.29, 0.717) is 11.8 Å². The molecular formula is C12H22N2O2. The van der Waals surface area contributed by atoms with E-state index in [4.69, 9.17) is 4.74 Å². The van der Waals surface area contributed by atoms with Crippen molar-refractivity contribution < 1.29 is 9.53 Å². The van der Waals surface area contributed by atoms with Crippen molar-refractivity contribution in [2.75, 3.05) is 32.8 Å². The van der Waals surface area contributed by atoms with Crippen LogP contribution in [-0.2, 0) is 9.53 Å². The third-order valence-electron chi connectivity index (χ3n) is 3.73. The van der Waals surface area contributed by atoms with Gasteiger partial charge in [-0.1, -0.05) is 6.92 Å². The van der Waals surface area contributed by atoms with Crippen LogP contribution in [0.5, 0.6) is 0 Å². The van der Waals surface area contributed by atoms with Gasteiger partial charge < -0.3 is 15.4 Å². The van der Waals surface area contributed by atoms with Gasteiger partial charge in [0.15, 0.2) is 0 Å². The smallest absolute Gasteiger partial charge is 0.224 e. The van der Waals surface area contributed by atoms with Crippen LogP contribution in [0.25, 0.3) is 0 Å². The Hall–Kier alpha value is -0.610. The van der Waals surface area contributed by atoms with Gasteiger partial charge in [-0.25, -0.2) is 0 Å². The second-order valence-electron chi connectivity index (χ2n) is 5.05. The summed E-state index contributed by atoms with van der Waals surface area (Å²) in [6, 6.07) is 0. The minimum absolute atomic E-state index is 0.167. The second-order valence-corrected chi connectivity index (χ2v) is 5.05. The summed E-state index contributed by atoms with van der Waals surface area (Å²) in [6.07, 6.45) is 2.21. The Kier molecular flexibility index (Phi) is 4.18. The van der Waals surface area contributed by atoms with Crippen LogP contribution in [0.1, 0.15) is 19.8 Å². The first kappa shape index (κ1) is 11.9. The van der Waals surface area contributed by atoms with Crippen molar-refractivity contribution in [2.45, 2.75) is 19.8 Å². The van der Waals surface area contributed by atoms with Crippen LogP contribution in [0.3, 0.4) is 0 Å². The Labute approximate surface area is 97.1 Å². The van der Waals surface area contributed by atoms with E-state index in [9.17, 15) is 4.79 Å². The van der Waals surface area contributed by atoms with Crippen LogP contribution in [-0.4, -0.2) is 38.8 Å². The molecule has 2 aliphatic rings. The molecule has 0 bridgehead atoms. The van der Waals surface area contributed by atoms with E-state index >= 15 is 0 Å². The monoisotopic (exact) mass is 226 g/mol. The zero-order valence-corrected chi connectivity index (χ0v) is 10.00. The van der Waals surface area contributed by atoms with Gasteiger partial charge in [-0.15, -0.1) is 0 Å². The van der Waals surface area contributed by atoms with E-state index in [1.54, 1.807) is 0 Å².